The third-order valence-corrected chi connectivity index (χ3v) is 3.10. The standard InChI is InChI=1S/C14H19NO4/c16-13-8-4-5-9-15(10-13)14(17)19-18-11-12-6-2-1-3-7-12/h1-3,6-7,13,16H,4-5,8-11H2. The van der Waals surface area contributed by atoms with Crippen LogP contribution in [0.2, 0.25) is 0 Å². The number of nitrogens with zero attached hydrogens (tertiary/aromatic N) is 1. The van der Waals surface area contributed by atoms with Gasteiger partial charge in [-0.25, -0.2) is 4.79 Å². The van der Waals surface area contributed by atoms with E-state index in [0.717, 1.165) is 24.8 Å². The third kappa shape index (κ3) is 4.54. The van der Waals surface area contributed by atoms with Crippen LogP contribution in [0.15, 0.2) is 30.3 Å². The molecule has 0 aromatic heterocycles. The number of β-amino-alcohol motifs (C(OH)–C–C–N with tert-alkyl or cyclic N) is 1. The van der Waals surface area contributed by atoms with Gasteiger partial charge in [0.05, 0.1) is 6.10 Å². The molecule has 0 aliphatic carbocycles. The van der Waals surface area contributed by atoms with Crippen LogP contribution < -0.4 is 0 Å². The number of hydrogen-bond donors (Lipinski definition) is 1. The molecule has 1 heterocycles. The normalized spacial score (nSPS) is 19.8. The molecule has 1 amide bonds. The zero-order chi connectivity index (χ0) is 13.5. The van der Waals surface area contributed by atoms with Crippen LogP contribution in [0.5, 0.6) is 0 Å². The van der Waals surface area contributed by atoms with Gasteiger partial charge in [0.25, 0.3) is 0 Å². The summed E-state index contributed by atoms with van der Waals surface area (Å²) >= 11 is 0. The topological polar surface area (TPSA) is 59.0 Å². The Morgan fingerprint density at radius 3 is 2.89 bits per heavy atom. The smallest absolute Gasteiger partial charge is 0.391 e. The first-order valence-electron chi connectivity index (χ1n) is 6.56. The van der Waals surface area contributed by atoms with Gasteiger partial charge in [-0.1, -0.05) is 30.3 Å². The lowest BCUT2D eigenvalue weighted by Gasteiger charge is -2.20. The first-order valence-corrected chi connectivity index (χ1v) is 6.56. The highest BCUT2D eigenvalue weighted by Gasteiger charge is 2.22. The van der Waals surface area contributed by atoms with Crippen molar-refractivity contribution in [3.63, 3.8) is 0 Å². The van der Waals surface area contributed by atoms with Gasteiger partial charge in [-0.15, -0.1) is 0 Å². The van der Waals surface area contributed by atoms with Gasteiger partial charge < -0.3 is 10.0 Å². The molecule has 1 aromatic carbocycles. The number of rotatable bonds is 3. The molecule has 1 unspecified atom stereocenters. The highest BCUT2D eigenvalue weighted by Crippen LogP contribution is 2.12. The molecular formula is C14H19NO4. The van der Waals surface area contributed by atoms with E-state index in [0.29, 0.717) is 13.1 Å². The van der Waals surface area contributed by atoms with E-state index in [-0.39, 0.29) is 6.61 Å². The molecule has 2 rings (SSSR count). The summed E-state index contributed by atoms with van der Waals surface area (Å²) in [7, 11) is 0. The predicted octanol–water partition coefficient (Wildman–Crippen LogP) is 2.10. The van der Waals surface area contributed by atoms with Crippen molar-refractivity contribution < 1.29 is 19.7 Å². The van der Waals surface area contributed by atoms with Crippen LogP contribution in [-0.4, -0.2) is 35.3 Å². The minimum Gasteiger partial charge on any atom is -0.391 e. The van der Waals surface area contributed by atoms with Crippen LogP contribution >= 0.6 is 0 Å². The summed E-state index contributed by atoms with van der Waals surface area (Å²) in [6.07, 6.45) is 1.54. The van der Waals surface area contributed by atoms with Crippen molar-refractivity contribution in [1.29, 1.82) is 0 Å². The number of aliphatic hydroxyl groups is 1. The van der Waals surface area contributed by atoms with E-state index in [1.807, 2.05) is 30.3 Å². The number of likely N-dealkylation sites (tertiary alicyclic amines) is 1. The average Bonchev–Trinajstić information content (AvgIpc) is 2.64. The molecule has 1 aromatic rings. The van der Waals surface area contributed by atoms with Crippen molar-refractivity contribution in [2.45, 2.75) is 32.0 Å². The molecule has 1 fully saturated rings. The van der Waals surface area contributed by atoms with Gasteiger partial charge in [-0.2, -0.15) is 4.89 Å². The minimum atomic E-state index is -0.531. The van der Waals surface area contributed by atoms with E-state index in [4.69, 9.17) is 9.78 Å². The van der Waals surface area contributed by atoms with E-state index < -0.39 is 12.2 Å². The highest BCUT2D eigenvalue weighted by atomic mass is 17.2. The summed E-state index contributed by atoms with van der Waals surface area (Å²) in [4.78, 5) is 22.9. The highest BCUT2D eigenvalue weighted by molar-refractivity contribution is 5.66. The van der Waals surface area contributed by atoms with E-state index in [1.54, 1.807) is 0 Å². The second kappa shape index (κ2) is 7.11. The molecule has 5 nitrogen and oxygen atoms in total. The Morgan fingerprint density at radius 1 is 1.32 bits per heavy atom. The average molecular weight is 265 g/mol. The van der Waals surface area contributed by atoms with Gasteiger partial charge in [0.1, 0.15) is 6.61 Å². The van der Waals surface area contributed by atoms with Gasteiger partial charge in [-0.05, 0) is 24.8 Å². The van der Waals surface area contributed by atoms with E-state index in [2.05, 4.69) is 0 Å². The fraction of sp³-hybridized carbons (Fsp3) is 0.500. The number of carbonyl (C=O) groups is 1. The molecule has 0 bridgehead atoms. The Hall–Kier alpha value is -1.59. The fourth-order valence-electron chi connectivity index (χ4n) is 2.06. The molecule has 1 aliphatic heterocycles. The second-order valence-electron chi connectivity index (χ2n) is 4.69. The van der Waals surface area contributed by atoms with Crippen molar-refractivity contribution in [2.75, 3.05) is 13.1 Å². The molecule has 104 valence electrons. The van der Waals surface area contributed by atoms with Gasteiger partial charge in [0, 0.05) is 13.1 Å². The number of carbonyl (C=O) groups excluding carboxylic acids is 1. The van der Waals surface area contributed by atoms with Crippen molar-refractivity contribution >= 4 is 6.09 Å². The van der Waals surface area contributed by atoms with Crippen LogP contribution in [0.3, 0.4) is 0 Å². The van der Waals surface area contributed by atoms with E-state index >= 15 is 0 Å². The summed E-state index contributed by atoms with van der Waals surface area (Å²) in [6, 6.07) is 9.48. The number of amides is 1. The molecule has 19 heavy (non-hydrogen) atoms. The summed E-state index contributed by atoms with van der Waals surface area (Å²) < 4.78 is 0. The molecule has 1 N–H and O–H groups in total. The maximum atomic E-state index is 11.8. The lowest BCUT2D eigenvalue weighted by molar-refractivity contribution is -0.255. The van der Waals surface area contributed by atoms with Crippen molar-refractivity contribution in [3.05, 3.63) is 35.9 Å². The van der Waals surface area contributed by atoms with Crippen LogP contribution in [-0.2, 0) is 16.4 Å². The number of aliphatic hydroxyl groups excluding tert-OH is 1. The monoisotopic (exact) mass is 265 g/mol. The summed E-state index contributed by atoms with van der Waals surface area (Å²) in [5, 5.41) is 9.62. The zero-order valence-corrected chi connectivity index (χ0v) is 10.8. The molecule has 1 saturated heterocycles. The molecular weight excluding hydrogens is 246 g/mol. The Labute approximate surface area is 112 Å². The SMILES string of the molecule is O=C(OOCc1ccccc1)N1CCCCC(O)C1. The summed E-state index contributed by atoms with van der Waals surface area (Å²) in [6.45, 7) is 1.14. The van der Waals surface area contributed by atoms with Crippen LogP contribution in [0, 0.1) is 0 Å². The first kappa shape index (κ1) is 13.8. The van der Waals surface area contributed by atoms with Crippen molar-refractivity contribution in [3.8, 4) is 0 Å². The fourth-order valence-corrected chi connectivity index (χ4v) is 2.06. The Bertz CT molecular complexity index is 396. The lowest BCUT2D eigenvalue weighted by atomic mass is 10.2. The molecule has 0 saturated carbocycles. The zero-order valence-electron chi connectivity index (χ0n) is 10.8. The Kier molecular flexibility index (Phi) is 5.18. The third-order valence-electron chi connectivity index (χ3n) is 3.10. The van der Waals surface area contributed by atoms with Gasteiger partial charge in [0.2, 0.25) is 0 Å². The van der Waals surface area contributed by atoms with Crippen LogP contribution in [0.1, 0.15) is 24.8 Å². The van der Waals surface area contributed by atoms with Gasteiger partial charge >= 0.3 is 6.09 Å². The second-order valence-corrected chi connectivity index (χ2v) is 4.69. The van der Waals surface area contributed by atoms with Gasteiger partial charge in [0.15, 0.2) is 0 Å². The predicted molar refractivity (Wildman–Crippen MR) is 69.1 cm³/mol. The van der Waals surface area contributed by atoms with E-state index in [9.17, 15) is 9.90 Å². The lowest BCUT2D eigenvalue weighted by Crippen LogP contribution is -2.36. The number of benzene rings is 1. The van der Waals surface area contributed by atoms with Crippen molar-refractivity contribution in [2.24, 2.45) is 0 Å². The number of hydrogen-bond acceptors (Lipinski definition) is 4. The first-order chi connectivity index (χ1) is 9.25. The van der Waals surface area contributed by atoms with E-state index in [1.165, 1.54) is 4.90 Å². The minimum absolute atomic E-state index is 0.225. The molecule has 0 spiro atoms. The maximum absolute atomic E-state index is 11.8. The van der Waals surface area contributed by atoms with Crippen LogP contribution in [0.25, 0.3) is 0 Å². The maximum Gasteiger partial charge on any atom is 0.441 e. The molecule has 0 radical (unpaired) electrons. The van der Waals surface area contributed by atoms with Crippen LogP contribution in [0.4, 0.5) is 4.79 Å². The molecule has 1 atom stereocenters. The molecule has 1 aliphatic rings. The largest absolute Gasteiger partial charge is 0.441 e. The Balaban J connectivity index is 1.74. The van der Waals surface area contributed by atoms with Gasteiger partial charge in [-0.3, -0.25) is 4.89 Å². The quantitative estimate of drug-likeness (QED) is 0.671. The summed E-state index contributed by atoms with van der Waals surface area (Å²) in [5.41, 5.74) is 0.936. The van der Waals surface area contributed by atoms with Crippen molar-refractivity contribution in [1.82, 2.24) is 4.90 Å². The summed E-state index contributed by atoms with van der Waals surface area (Å²) in [5.74, 6) is 0. The Morgan fingerprint density at radius 2 is 2.11 bits per heavy atom. The molecule has 5 heteroatoms.